The van der Waals surface area contributed by atoms with Crippen molar-refractivity contribution in [3.8, 4) is 17.0 Å². The molecule has 0 amide bonds. The Kier molecular flexibility index (Phi) is 5.63. The Balaban J connectivity index is 1.46. The molecule has 0 spiro atoms. The third kappa shape index (κ3) is 4.30. The Morgan fingerprint density at radius 1 is 0.971 bits per heavy atom. The average molecular weight is 457 g/mol. The average Bonchev–Trinajstić information content (AvgIpc) is 3.26. The largest absolute Gasteiger partial charge is 0.497 e. The number of nitrogens with one attached hydrogen (secondary N) is 1. The van der Waals surface area contributed by atoms with Gasteiger partial charge in [0.15, 0.2) is 0 Å². The quantitative estimate of drug-likeness (QED) is 0.345. The topological polar surface area (TPSA) is 64.9 Å². The van der Waals surface area contributed by atoms with Crippen LogP contribution < -0.4 is 10.1 Å². The van der Waals surface area contributed by atoms with Crippen molar-refractivity contribution in [3.63, 3.8) is 0 Å². The molecule has 2 aromatic carbocycles. The van der Waals surface area contributed by atoms with Gasteiger partial charge in [0.2, 0.25) is 0 Å². The number of aryl methyl sites for hydroxylation is 1. The van der Waals surface area contributed by atoms with Crippen molar-refractivity contribution in [2.75, 3.05) is 12.4 Å². The highest BCUT2D eigenvalue weighted by molar-refractivity contribution is 5.89. The number of fused-ring (bicyclic) bond motifs is 1. The van der Waals surface area contributed by atoms with Crippen molar-refractivity contribution >= 4 is 22.4 Å². The zero-order valence-corrected chi connectivity index (χ0v) is 18.6. The van der Waals surface area contributed by atoms with Crippen LogP contribution in [0.5, 0.6) is 5.75 Å². The lowest BCUT2D eigenvalue weighted by Gasteiger charge is -2.12. The summed E-state index contributed by atoms with van der Waals surface area (Å²) in [7, 11) is 1.64. The van der Waals surface area contributed by atoms with Crippen LogP contribution in [0.2, 0.25) is 0 Å². The summed E-state index contributed by atoms with van der Waals surface area (Å²) in [5, 5.41) is 8.08. The summed E-state index contributed by atoms with van der Waals surface area (Å²) in [6.07, 6.45) is 5.22. The molecule has 0 aliphatic rings. The Morgan fingerprint density at radius 2 is 1.79 bits per heavy atom. The molecule has 1 N–H and O–H groups in total. The summed E-state index contributed by atoms with van der Waals surface area (Å²) in [4.78, 5) is 8.73. The van der Waals surface area contributed by atoms with Crippen molar-refractivity contribution in [1.82, 2.24) is 19.7 Å². The summed E-state index contributed by atoms with van der Waals surface area (Å²) >= 11 is 0. The maximum atomic E-state index is 14.3. The van der Waals surface area contributed by atoms with E-state index in [2.05, 4.69) is 15.3 Å². The molecule has 0 unspecified atom stereocenters. The van der Waals surface area contributed by atoms with Gasteiger partial charge in [-0.3, -0.25) is 14.6 Å². The lowest BCUT2D eigenvalue weighted by atomic mass is 10.1. The number of nitrogens with zero attached hydrogens (tertiary/aromatic N) is 4. The fraction of sp³-hybridized carbons (Fsp3) is 0.115. The molecular weight excluding hydrogens is 436 g/mol. The highest BCUT2D eigenvalue weighted by atomic mass is 19.1. The molecule has 5 aromatic rings. The first kappa shape index (κ1) is 21.5. The number of ether oxygens (including phenoxy) is 1. The third-order valence-corrected chi connectivity index (χ3v) is 5.53. The van der Waals surface area contributed by atoms with Crippen LogP contribution in [0.4, 0.5) is 20.2 Å². The molecular formula is C26H21F2N5O. The van der Waals surface area contributed by atoms with Gasteiger partial charge in [-0.2, -0.15) is 5.10 Å². The second-order valence-corrected chi connectivity index (χ2v) is 7.90. The van der Waals surface area contributed by atoms with Crippen molar-refractivity contribution in [3.05, 3.63) is 95.9 Å². The molecule has 3 aromatic heterocycles. The smallest absolute Gasteiger partial charge is 0.134 e. The molecule has 0 bridgehead atoms. The first-order valence-corrected chi connectivity index (χ1v) is 10.6. The Hall–Kier alpha value is -4.33. The van der Waals surface area contributed by atoms with Gasteiger partial charge < -0.3 is 10.1 Å². The second-order valence-electron chi connectivity index (χ2n) is 7.90. The Morgan fingerprint density at radius 3 is 2.59 bits per heavy atom. The fourth-order valence-corrected chi connectivity index (χ4v) is 3.71. The van der Waals surface area contributed by atoms with E-state index in [0.29, 0.717) is 23.4 Å². The standard InChI is InChI=1S/C26H21F2N5O/c1-16-13-30-24(20-11-18(27)5-8-21(20)28)12-23(16)31-22-9-10-29-25-15-33(32-26(22)25)14-17-3-6-19(34-2)7-4-17/h3-13,15H,14H2,1-2H3,(H,30,31). The number of aromatic nitrogens is 4. The van der Waals surface area contributed by atoms with Crippen LogP contribution in [0, 0.1) is 18.6 Å². The molecule has 34 heavy (non-hydrogen) atoms. The van der Waals surface area contributed by atoms with Gasteiger partial charge in [-0.15, -0.1) is 0 Å². The van der Waals surface area contributed by atoms with Gasteiger partial charge in [-0.25, -0.2) is 8.78 Å². The monoisotopic (exact) mass is 457 g/mol. The number of anilines is 2. The third-order valence-electron chi connectivity index (χ3n) is 5.53. The molecule has 5 rings (SSSR count). The lowest BCUT2D eigenvalue weighted by Crippen LogP contribution is -2.01. The molecule has 6 nitrogen and oxygen atoms in total. The van der Waals surface area contributed by atoms with E-state index >= 15 is 0 Å². The fourth-order valence-electron chi connectivity index (χ4n) is 3.71. The SMILES string of the molecule is COc1ccc(Cn2cc3nccc(Nc4cc(-c5cc(F)ccc5F)ncc4C)c3n2)cc1. The Bertz CT molecular complexity index is 1480. The first-order chi connectivity index (χ1) is 16.5. The summed E-state index contributed by atoms with van der Waals surface area (Å²) < 4.78 is 35.0. The van der Waals surface area contributed by atoms with Crippen LogP contribution in [0.3, 0.4) is 0 Å². The van der Waals surface area contributed by atoms with Gasteiger partial charge in [0, 0.05) is 23.6 Å². The maximum Gasteiger partial charge on any atom is 0.134 e. The molecule has 0 saturated carbocycles. The summed E-state index contributed by atoms with van der Waals surface area (Å²) in [5.41, 5.74) is 5.27. The van der Waals surface area contributed by atoms with Crippen LogP contribution in [0.25, 0.3) is 22.3 Å². The molecule has 0 aliphatic heterocycles. The molecule has 170 valence electrons. The molecule has 0 aliphatic carbocycles. The van der Waals surface area contributed by atoms with Crippen molar-refractivity contribution in [2.45, 2.75) is 13.5 Å². The van der Waals surface area contributed by atoms with E-state index in [1.807, 2.05) is 48.1 Å². The van der Waals surface area contributed by atoms with Crippen LogP contribution >= 0.6 is 0 Å². The van der Waals surface area contributed by atoms with Crippen molar-refractivity contribution < 1.29 is 13.5 Å². The highest BCUT2D eigenvalue weighted by Crippen LogP contribution is 2.30. The lowest BCUT2D eigenvalue weighted by molar-refractivity contribution is 0.414. The van der Waals surface area contributed by atoms with Crippen LogP contribution in [-0.2, 0) is 6.54 Å². The number of halogens is 2. The molecule has 0 fully saturated rings. The first-order valence-electron chi connectivity index (χ1n) is 10.6. The summed E-state index contributed by atoms with van der Waals surface area (Å²) in [6, 6.07) is 14.7. The minimum absolute atomic E-state index is 0.103. The van der Waals surface area contributed by atoms with Gasteiger partial charge in [-0.05, 0) is 60.5 Å². The number of pyridine rings is 2. The molecule has 8 heteroatoms. The maximum absolute atomic E-state index is 14.3. The number of hydrogen-bond donors (Lipinski definition) is 1. The number of rotatable bonds is 6. The van der Waals surface area contributed by atoms with Crippen LogP contribution in [0.1, 0.15) is 11.1 Å². The predicted molar refractivity (Wildman–Crippen MR) is 127 cm³/mol. The van der Waals surface area contributed by atoms with E-state index in [1.165, 1.54) is 0 Å². The predicted octanol–water partition coefficient (Wildman–Crippen LogP) is 5.88. The van der Waals surface area contributed by atoms with Crippen LogP contribution in [0.15, 0.2) is 73.2 Å². The van der Waals surface area contributed by atoms with Crippen LogP contribution in [-0.4, -0.2) is 26.9 Å². The zero-order chi connectivity index (χ0) is 23.7. The minimum atomic E-state index is -0.535. The van der Waals surface area contributed by atoms with E-state index in [9.17, 15) is 8.78 Å². The number of benzene rings is 2. The van der Waals surface area contributed by atoms with Gasteiger partial charge in [-0.1, -0.05) is 12.1 Å². The van der Waals surface area contributed by atoms with Crippen molar-refractivity contribution in [2.24, 2.45) is 0 Å². The summed E-state index contributed by atoms with van der Waals surface area (Å²) in [5.74, 6) is -0.258. The van der Waals surface area contributed by atoms with E-state index in [4.69, 9.17) is 9.84 Å². The van der Waals surface area contributed by atoms with E-state index in [0.717, 1.165) is 46.3 Å². The van der Waals surface area contributed by atoms with Gasteiger partial charge >= 0.3 is 0 Å². The Labute approximate surface area is 194 Å². The zero-order valence-electron chi connectivity index (χ0n) is 18.6. The van der Waals surface area contributed by atoms with E-state index in [1.54, 1.807) is 25.6 Å². The van der Waals surface area contributed by atoms with Gasteiger partial charge in [0.25, 0.3) is 0 Å². The summed E-state index contributed by atoms with van der Waals surface area (Å²) in [6.45, 7) is 2.47. The number of methoxy groups -OCH3 is 1. The molecule has 0 radical (unpaired) electrons. The van der Waals surface area contributed by atoms with Gasteiger partial charge in [0.05, 0.1) is 31.2 Å². The molecule has 3 heterocycles. The second kappa shape index (κ2) is 8.90. The molecule has 0 atom stereocenters. The molecule has 0 saturated heterocycles. The van der Waals surface area contributed by atoms with E-state index < -0.39 is 11.6 Å². The minimum Gasteiger partial charge on any atom is -0.497 e. The normalized spacial score (nSPS) is 11.1. The highest BCUT2D eigenvalue weighted by Gasteiger charge is 2.13. The number of hydrogen-bond acceptors (Lipinski definition) is 5. The van der Waals surface area contributed by atoms with Crippen molar-refractivity contribution in [1.29, 1.82) is 0 Å². The van der Waals surface area contributed by atoms with Gasteiger partial charge in [0.1, 0.15) is 28.4 Å². The van der Waals surface area contributed by atoms with E-state index in [-0.39, 0.29) is 5.56 Å².